The van der Waals surface area contributed by atoms with E-state index in [1.54, 1.807) is 73.6 Å². The lowest BCUT2D eigenvalue weighted by Gasteiger charge is -2.43. The highest BCUT2D eigenvalue weighted by Gasteiger charge is 2.42. The molecule has 2 unspecified atom stereocenters. The third-order valence-corrected chi connectivity index (χ3v) is 4.63. The molecule has 3 amide bonds. The normalized spacial score (nSPS) is 14.2. The van der Waals surface area contributed by atoms with Crippen LogP contribution in [0.3, 0.4) is 0 Å². The molecule has 0 aromatic heterocycles. The highest BCUT2D eigenvalue weighted by molar-refractivity contribution is 5.93. The standard InChI is InChI=1S/C25H41N3O5/c1-15-13-12-14-17(19(15)29)18(20(30)27-23(3,4)5)28(24(6,7)8)21(31)16(2)26-22(32)33-25(9,10)11/h12-14,16,18,29H,1-11H3,(H,26,32)(H,27,30). The van der Waals surface area contributed by atoms with Crippen molar-refractivity contribution in [2.45, 2.75) is 105 Å². The van der Waals surface area contributed by atoms with Crippen molar-refractivity contribution in [2.24, 2.45) is 0 Å². The topological polar surface area (TPSA) is 108 Å². The number of aromatic hydroxyl groups is 1. The number of carbonyl (C=O) groups excluding carboxylic acids is 3. The van der Waals surface area contributed by atoms with E-state index in [1.807, 2.05) is 20.8 Å². The molecule has 186 valence electrons. The predicted octanol–water partition coefficient (Wildman–Crippen LogP) is 4.20. The van der Waals surface area contributed by atoms with Gasteiger partial charge in [0.15, 0.2) is 0 Å². The Balaban J connectivity index is 3.52. The number of hydrogen-bond acceptors (Lipinski definition) is 5. The van der Waals surface area contributed by atoms with Crippen molar-refractivity contribution < 1.29 is 24.2 Å². The zero-order valence-corrected chi connectivity index (χ0v) is 21.9. The van der Waals surface area contributed by atoms with Crippen LogP contribution in [0.25, 0.3) is 0 Å². The van der Waals surface area contributed by atoms with Gasteiger partial charge in [-0.2, -0.15) is 0 Å². The van der Waals surface area contributed by atoms with Crippen molar-refractivity contribution >= 4 is 17.9 Å². The first-order chi connectivity index (χ1) is 14.7. The first-order valence-corrected chi connectivity index (χ1v) is 11.2. The minimum absolute atomic E-state index is 0.0543. The summed E-state index contributed by atoms with van der Waals surface area (Å²) in [5.74, 6) is -0.971. The minimum Gasteiger partial charge on any atom is -0.507 e. The van der Waals surface area contributed by atoms with Crippen LogP contribution in [0.1, 0.15) is 86.4 Å². The molecule has 1 aromatic carbocycles. The van der Waals surface area contributed by atoms with Gasteiger partial charge < -0.3 is 25.4 Å². The fourth-order valence-corrected chi connectivity index (χ4v) is 3.34. The van der Waals surface area contributed by atoms with Crippen LogP contribution in [0.2, 0.25) is 0 Å². The van der Waals surface area contributed by atoms with E-state index in [0.717, 1.165) is 0 Å². The van der Waals surface area contributed by atoms with E-state index in [9.17, 15) is 19.5 Å². The highest BCUT2D eigenvalue weighted by atomic mass is 16.6. The number of para-hydroxylation sites is 1. The monoisotopic (exact) mass is 463 g/mol. The summed E-state index contributed by atoms with van der Waals surface area (Å²) in [4.78, 5) is 40.9. The van der Waals surface area contributed by atoms with Gasteiger partial charge in [0.25, 0.3) is 0 Å². The molecular weight excluding hydrogens is 422 g/mol. The van der Waals surface area contributed by atoms with Crippen molar-refractivity contribution in [1.82, 2.24) is 15.5 Å². The third-order valence-electron chi connectivity index (χ3n) is 4.63. The van der Waals surface area contributed by atoms with Crippen molar-refractivity contribution in [3.05, 3.63) is 29.3 Å². The summed E-state index contributed by atoms with van der Waals surface area (Å²) in [7, 11) is 0. The number of alkyl carbamates (subject to hydrolysis) is 1. The van der Waals surface area contributed by atoms with Gasteiger partial charge in [-0.3, -0.25) is 9.59 Å². The average Bonchev–Trinajstić information content (AvgIpc) is 2.57. The summed E-state index contributed by atoms with van der Waals surface area (Å²) < 4.78 is 5.28. The molecule has 0 aliphatic rings. The van der Waals surface area contributed by atoms with Crippen LogP contribution >= 0.6 is 0 Å². The number of ether oxygens (including phenoxy) is 1. The summed E-state index contributed by atoms with van der Waals surface area (Å²) >= 11 is 0. The van der Waals surface area contributed by atoms with Crippen LogP contribution in [-0.4, -0.2) is 50.6 Å². The first-order valence-electron chi connectivity index (χ1n) is 11.2. The third kappa shape index (κ3) is 8.26. The molecule has 0 bridgehead atoms. The number of nitrogens with one attached hydrogen (secondary N) is 2. The highest BCUT2D eigenvalue weighted by Crippen LogP contribution is 2.36. The summed E-state index contributed by atoms with van der Waals surface area (Å²) in [6, 6.07) is 2.99. The molecular formula is C25H41N3O5. The van der Waals surface area contributed by atoms with E-state index in [2.05, 4.69) is 10.6 Å². The maximum atomic E-state index is 13.7. The summed E-state index contributed by atoms with van der Waals surface area (Å²) in [6.07, 6.45) is -0.730. The van der Waals surface area contributed by atoms with Gasteiger partial charge in [-0.25, -0.2) is 4.79 Å². The number of benzene rings is 1. The number of carbonyl (C=O) groups is 3. The van der Waals surface area contributed by atoms with Gasteiger partial charge in [0.05, 0.1) is 0 Å². The number of amides is 3. The van der Waals surface area contributed by atoms with Crippen LogP contribution in [0.15, 0.2) is 18.2 Å². The van der Waals surface area contributed by atoms with Gasteiger partial charge in [0.2, 0.25) is 11.8 Å². The molecule has 0 heterocycles. The molecule has 33 heavy (non-hydrogen) atoms. The van der Waals surface area contributed by atoms with Gasteiger partial charge in [-0.1, -0.05) is 18.2 Å². The Hall–Kier alpha value is -2.77. The number of hydrogen-bond donors (Lipinski definition) is 3. The van der Waals surface area contributed by atoms with E-state index < -0.39 is 46.7 Å². The van der Waals surface area contributed by atoms with E-state index in [4.69, 9.17) is 4.74 Å². The van der Waals surface area contributed by atoms with Gasteiger partial charge in [-0.15, -0.1) is 0 Å². The van der Waals surface area contributed by atoms with Gasteiger partial charge in [0, 0.05) is 16.6 Å². The minimum atomic E-state index is -1.13. The van der Waals surface area contributed by atoms with Crippen molar-refractivity contribution in [2.75, 3.05) is 0 Å². The smallest absolute Gasteiger partial charge is 0.408 e. The lowest BCUT2D eigenvalue weighted by molar-refractivity contribution is -0.148. The first kappa shape index (κ1) is 28.3. The van der Waals surface area contributed by atoms with Gasteiger partial charge in [0.1, 0.15) is 23.4 Å². The van der Waals surface area contributed by atoms with Crippen LogP contribution in [0.4, 0.5) is 4.79 Å². The fourth-order valence-electron chi connectivity index (χ4n) is 3.34. The van der Waals surface area contributed by atoms with Crippen LogP contribution < -0.4 is 10.6 Å². The molecule has 0 aliphatic heterocycles. The quantitative estimate of drug-likeness (QED) is 0.607. The lowest BCUT2D eigenvalue weighted by Crippen LogP contribution is -2.59. The molecule has 8 heteroatoms. The number of nitrogens with zero attached hydrogens (tertiary/aromatic N) is 1. The maximum absolute atomic E-state index is 13.7. The number of phenols is 1. The van der Waals surface area contributed by atoms with E-state index in [0.29, 0.717) is 11.1 Å². The van der Waals surface area contributed by atoms with Crippen molar-refractivity contribution in [3.8, 4) is 5.75 Å². The molecule has 1 rings (SSSR count). The van der Waals surface area contributed by atoms with E-state index >= 15 is 0 Å². The Morgan fingerprint density at radius 3 is 2.00 bits per heavy atom. The lowest BCUT2D eigenvalue weighted by atomic mass is 9.93. The summed E-state index contributed by atoms with van der Waals surface area (Å²) in [6.45, 7) is 19.4. The molecule has 0 aliphatic carbocycles. The number of aryl methyl sites for hydroxylation is 1. The van der Waals surface area contributed by atoms with E-state index in [1.165, 1.54) is 4.90 Å². The van der Waals surface area contributed by atoms with Crippen LogP contribution in [-0.2, 0) is 14.3 Å². The molecule has 0 radical (unpaired) electrons. The second-order valence-electron chi connectivity index (χ2n) is 11.4. The number of phenolic OH excluding ortho intramolecular Hbond substituents is 1. The molecule has 0 fully saturated rings. The van der Waals surface area contributed by atoms with Crippen LogP contribution in [0.5, 0.6) is 5.75 Å². The average molecular weight is 464 g/mol. The largest absolute Gasteiger partial charge is 0.507 e. The van der Waals surface area contributed by atoms with E-state index in [-0.39, 0.29) is 5.75 Å². The molecule has 1 aromatic rings. The SMILES string of the molecule is Cc1cccc(C(C(=O)NC(C)(C)C)N(C(=O)C(C)NC(=O)OC(C)(C)C)C(C)(C)C)c1O. The summed E-state index contributed by atoms with van der Waals surface area (Å²) in [5, 5.41) is 16.3. The second-order valence-corrected chi connectivity index (χ2v) is 11.4. The zero-order valence-electron chi connectivity index (χ0n) is 21.9. The zero-order chi connectivity index (χ0) is 25.9. The molecule has 3 N–H and O–H groups in total. The maximum Gasteiger partial charge on any atom is 0.408 e. The molecule has 0 spiro atoms. The Morgan fingerprint density at radius 1 is 1.00 bits per heavy atom. The number of rotatable bonds is 5. The Morgan fingerprint density at radius 2 is 1.55 bits per heavy atom. The Labute approximate surface area is 198 Å². The summed E-state index contributed by atoms with van der Waals surface area (Å²) in [5.41, 5.74) is -1.22. The van der Waals surface area contributed by atoms with Crippen molar-refractivity contribution in [1.29, 1.82) is 0 Å². The molecule has 8 nitrogen and oxygen atoms in total. The molecule has 0 saturated heterocycles. The fraction of sp³-hybridized carbons (Fsp3) is 0.640. The Kier molecular flexibility index (Phi) is 8.58. The van der Waals surface area contributed by atoms with Gasteiger partial charge in [-0.05, 0) is 81.7 Å². The van der Waals surface area contributed by atoms with Crippen LogP contribution in [0, 0.1) is 6.92 Å². The second kappa shape index (κ2) is 10.0. The van der Waals surface area contributed by atoms with Gasteiger partial charge >= 0.3 is 6.09 Å². The van der Waals surface area contributed by atoms with Crippen molar-refractivity contribution in [3.63, 3.8) is 0 Å². The molecule has 0 saturated carbocycles. The Bertz CT molecular complexity index is 875. The predicted molar refractivity (Wildman–Crippen MR) is 129 cm³/mol. The molecule has 2 atom stereocenters.